The predicted molar refractivity (Wildman–Crippen MR) is 257 cm³/mol. The first-order valence-electron chi connectivity index (χ1n) is 22.8. The molecule has 0 atom stereocenters. The summed E-state index contributed by atoms with van der Waals surface area (Å²) >= 11 is 0. The molecule has 0 aromatic carbocycles. The van der Waals surface area contributed by atoms with Crippen LogP contribution in [-0.2, 0) is 53.7 Å². The summed E-state index contributed by atoms with van der Waals surface area (Å²) in [5.74, 6) is -14.8. The molecular formula is C47H42EuF9N11O16+3. The zero-order valence-corrected chi connectivity index (χ0v) is 44.6. The maximum atomic E-state index is 13.9. The Morgan fingerprint density at radius 1 is 0.405 bits per heavy atom. The number of alkyl halides is 9. The molecule has 5 aromatic rings. The molecule has 37 heteroatoms. The van der Waals surface area contributed by atoms with Gasteiger partial charge in [0.1, 0.15) is 0 Å². The van der Waals surface area contributed by atoms with Crippen molar-refractivity contribution in [2.45, 2.75) is 57.8 Å². The molecule has 2 amide bonds. The van der Waals surface area contributed by atoms with Crippen LogP contribution in [-0.4, -0.2) is 169 Å². The van der Waals surface area contributed by atoms with E-state index < -0.39 is 72.1 Å². The summed E-state index contributed by atoms with van der Waals surface area (Å²) in [6, 6.07) is 11.7. The number of aromatic carboxylic acids is 4. The molecule has 5 aromatic heterocycles. The number of carbonyl (C=O) groups excluding carboxylic acids is 2. The van der Waals surface area contributed by atoms with Crippen molar-refractivity contribution in [3.8, 4) is 22.8 Å². The van der Waals surface area contributed by atoms with Gasteiger partial charge in [0.15, 0.2) is 0 Å². The molecule has 0 spiro atoms. The van der Waals surface area contributed by atoms with E-state index >= 15 is 0 Å². The number of fused-ring (bicyclic) bond motifs is 12. The number of carboxylic acids is 7. The summed E-state index contributed by atoms with van der Waals surface area (Å²) in [7, 11) is 0. The monoisotopic (exact) mass is 1340 g/mol. The molecule has 7 rings (SSSR count). The fourth-order valence-electron chi connectivity index (χ4n) is 7.16. The molecule has 2 aliphatic heterocycles. The quantitative estimate of drug-likeness (QED) is 0.0895. The van der Waals surface area contributed by atoms with Gasteiger partial charge in [0.25, 0.3) is 11.8 Å². The third-order valence-electron chi connectivity index (χ3n) is 10.6. The average molecular weight is 1340 g/mol. The standard InChI is InChI=1S/C41H39N11O10.3C2HF3O2.Eu/c42-1-3-44-36(53)28-13-29(37(54)45-4-2-43)35-19-52-16-26-7-22(40(59)60)11-32(48-26)30-9-20(38(55)56)5-24(46-30)14-51(18-34(28)50-35)15-25-6-21(39(57)58)10-31(47-25)33-12-23(41(61)62)8-27(17-52)49-33;3*3-2(4,5)1(6)7;/h5-13H,1-4,14-19,42-43H2,(H,44,53)(H,45,54)(H,55,56)(H,57,58)(H,59,60)(H,61,62);3*(H,6,7);/q;;;;+3. The van der Waals surface area contributed by atoms with Gasteiger partial charge in [-0.3, -0.25) is 24.4 Å². The number of aliphatic carboxylic acids is 3. The molecule has 13 N–H and O–H groups in total. The first-order valence-corrected chi connectivity index (χ1v) is 22.8. The van der Waals surface area contributed by atoms with E-state index in [9.17, 15) is 88.7 Å². The smallest absolute Gasteiger partial charge is 0.478 e. The third kappa shape index (κ3) is 20.6. The second-order valence-corrected chi connectivity index (χ2v) is 16.9. The van der Waals surface area contributed by atoms with Gasteiger partial charge in [-0.05, 0) is 54.6 Å². The number of nitrogens with zero attached hydrogens (tertiary/aromatic N) is 7. The summed E-state index contributed by atoms with van der Waals surface area (Å²) in [4.78, 5) is 132. The van der Waals surface area contributed by atoms with Gasteiger partial charge in [-0.2, -0.15) is 39.5 Å². The van der Waals surface area contributed by atoms with E-state index in [-0.39, 0.29) is 205 Å². The van der Waals surface area contributed by atoms with Crippen LogP contribution in [0, 0.1) is 49.4 Å². The van der Waals surface area contributed by atoms with Crippen LogP contribution in [0.2, 0.25) is 0 Å². The zero-order chi connectivity index (χ0) is 62.5. The minimum Gasteiger partial charge on any atom is -0.478 e. The summed E-state index contributed by atoms with van der Waals surface area (Å²) in [5.41, 5.74) is 11.7. The molecule has 448 valence electrons. The third-order valence-corrected chi connectivity index (χ3v) is 10.6. The van der Waals surface area contributed by atoms with Gasteiger partial charge in [0.2, 0.25) is 0 Å². The largest absolute Gasteiger partial charge is 3.00 e. The topological polar surface area (TPSA) is 442 Å². The van der Waals surface area contributed by atoms with Gasteiger partial charge in [-0.25, -0.2) is 53.5 Å². The van der Waals surface area contributed by atoms with Crippen LogP contribution in [0.25, 0.3) is 22.8 Å². The van der Waals surface area contributed by atoms with Crippen LogP contribution in [0.5, 0.6) is 0 Å². The van der Waals surface area contributed by atoms with Gasteiger partial charge in [-0.1, -0.05) is 0 Å². The first kappa shape index (κ1) is 70.0. The van der Waals surface area contributed by atoms with E-state index in [0.717, 1.165) is 0 Å². The van der Waals surface area contributed by atoms with E-state index in [0.29, 0.717) is 0 Å². The number of amides is 2. The number of nitrogens with two attached hydrogens (primary N) is 2. The molecule has 0 saturated heterocycles. The number of pyridine rings is 5. The van der Waals surface area contributed by atoms with E-state index in [1.54, 1.807) is 9.80 Å². The molecule has 7 heterocycles. The zero-order valence-electron chi connectivity index (χ0n) is 42.1. The second-order valence-electron chi connectivity index (χ2n) is 16.9. The van der Waals surface area contributed by atoms with E-state index in [4.69, 9.17) is 66.1 Å². The molecule has 0 saturated carbocycles. The Balaban J connectivity index is 0.000000715. The molecule has 27 nitrogen and oxygen atoms in total. The SMILES string of the molecule is NCCNC(=O)c1cc(C(=O)NCCN)c2nc1CN1Cc3cc(C(=O)O)cc(n3)-c3cc(C(=O)O)cc(n3)CN(Cc3cc(C(=O)O)cc(n3)-c3cc(C(=O)O)cc(n3)C1)C2.O=C(O)C(F)(F)F.O=C(O)C(F)(F)F.O=C(O)C(F)(F)F.[Eu+3]. The molecule has 0 fully saturated rings. The van der Waals surface area contributed by atoms with Crippen molar-refractivity contribution < 1.29 is 168 Å². The first-order chi connectivity index (χ1) is 38.5. The van der Waals surface area contributed by atoms with Crippen molar-refractivity contribution >= 4 is 53.6 Å². The van der Waals surface area contributed by atoms with E-state index in [1.165, 1.54) is 54.6 Å². The summed E-state index contributed by atoms with van der Waals surface area (Å²) in [6.07, 6.45) is -15.3. The minimum absolute atomic E-state index is 0. The van der Waals surface area contributed by atoms with Crippen LogP contribution in [0.4, 0.5) is 39.5 Å². The van der Waals surface area contributed by atoms with Crippen molar-refractivity contribution in [3.05, 3.63) is 122 Å². The molecule has 0 unspecified atom stereocenters. The summed E-state index contributed by atoms with van der Waals surface area (Å²) in [5, 5.41) is 67.7. The number of halogens is 9. The molecule has 0 radical (unpaired) electrons. The Morgan fingerprint density at radius 2 is 0.631 bits per heavy atom. The minimum atomic E-state index is -5.08. The Morgan fingerprint density at radius 3 is 0.821 bits per heavy atom. The van der Waals surface area contributed by atoms with Crippen LogP contribution in [0.1, 0.15) is 96.3 Å². The van der Waals surface area contributed by atoms with Crippen LogP contribution in [0.3, 0.4) is 0 Å². The summed E-state index contributed by atoms with van der Waals surface area (Å²) in [6.45, 7) is -0.773. The van der Waals surface area contributed by atoms with Gasteiger partial charge in [0, 0.05) is 65.4 Å². The van der Waals surface area contributed by atoms with Crippen LogP contribution >= 0.6 is 0 Å². The van der Waals surface area contributed by atoms with Gasteiger partial charge in [-0.15, -0.1) is 0 Å². The van der Waals surface area contributed by atoms with Crippen LogP contribution in [0.15, 0.2) is 54.6 Å². The van der Waals surface area contributed by atoms with Crippen molar-refractivity contribution in [2.24, 2.45) is 11.5 Å². The number of carbonyl (C=O) groups is 9. The Kier molecular flexibility index (Phi) is 24.9. The van der Waals surface area contributed by atoms with Crippen LogP contribution < -0.4 is 22.1 Å². The van der Waals surface area contributed by atoms with Crippen molar-refractivity contribution in [1.82, 2.24) is 45.4 Å². The molecule has 12 bridgehead atoms. The van der Waals surface area contributed by atoms with E-state index in [2.05, 4.69) is 10.6 Å². The number of carboxylic acid groups (broad SMARTS) is 7. The average Bonchev–Trinajstić information content (AvgIpc) is 3.28. The fraction of sp³-hybridized carbons (Fsp3) is 0.277. The molecular weight excluding hydrogens is 1300 g/mol. The normalized spacial score (nSPS) is 14.2. The summed E-state index contributed by atoms with van der Waals surface area (Å²) < 4.78 is 95.2. The number of hydrogen-bond acceptors (Lipinski definition) is 18. The maximum absolute atomic E-state index is 13.9. The molecule has 84 heavy (non-hydrogen) atoms. The number of hydrogen-bond donors (Lipinski definition) is 11. The second kappa shape index (κ2) is 29.8. The fourth-order valence-corrected chi connectivity index (χ4v) is 7.16. The van der Waals surface area contributed by atoms with Crippen molar-refractivity contribution in [3.63, 3.8) is 0 Å². The van der Waals surface area contributed by atoms with Gasteiger partial charge in [0.05, 0.1) is 90.3 Å². The van der Waals surface area contributed by atoms with E-state index in [1.807, 2.05) is 0 Å². The Bertz CT molecular complexity index is 2990. The van der Waals surface area contributed by atoms with Crippen molar-refractivity contribution in [1.29, 1.82) is 0 Å². The van der Waals surface area contributed by atoms with Crippen molar-refractivity contribution in [2.75, 3.05) is 26.2 Å². The number of nitrogens with one attached hydrogen (secondary N) is 2. The molecule has 0 aliphatic carbocycles. The Hall–Kier alpha value is -8.23. The van der Waals surface area contributed by atoms with Gasteiger partial charge >= 0.3 is 110 Å². The number of rotatable bonds is 10. The molecule has 2 aliphatic rings. The predicted octanol–water partition coefficient (Wildman–Crippen LogP) is 3.10. The van der Waals surface area contributed by atoms with Gasteiger partial charge < -0.3 is 57.8 Å². The Labute approximate surface area is 504 Å². The maximum Gasteiger partial charge on any atom is 3.00 e. The number of aromatic nitrogens is 5.